The highest BCUT2D eigenvalue weighted by molar-refractivity contribution is 9.10. The Balaban J connectivity index is 0.000000336. The number of nitrogens with two attached hydrogens (primary N) is 1. The lowest BCUT2D eigenvalue weighted by molar-refractivity contribution is -0.138. The number of ether oxygens (including phenoxy) is 2. The van der Waals surface area contributed by atoms with Crippen LogP contribution < -0.4 is 11.1 Å². The van der Waals surface area contributed by atoms with E-state index < -0.39 is 35.2 Å². The molecule has 5 N–H and O–H groups in total. The minimum Gasteiger partial charge on any atom is -0.480 e. The van der Waals surface area contributed by atoms with Gasteiger partial charge in [0.1, 0.15) is 23.3 Å². The van der Waals surface area contributed by atoms with Gasteiger partial charge in [0.25, 0.3) is 0 Å². The van der Waals surface area contributed by atoms with Gasteiger partial charge in [-0.1, -0.05) is 40.2 Å². The SMILES string of the molecule is C[C@H](N)C(=O)O.Cc1ccc(CN2CCN(C(=O)OC(C)(C)C)CC2)c(Br)c1.Cc1ccc(CN2CCN(C(=O)OC(C)(C)C)CC2)c(N[C@@H](C)C(=O)O)c1. The zero-order valence-electron chi connectivity index (χ0n) is 34.3. The Kier molecular flexibility index (Phi) is 18.4. The lowest BCUT2D eigenvalue weighted by atomic mass is 10.1. The standard InChI is InChI=1S/C20H31N3O4.C17H25BrN2O2.C3H7NO2/c1-14-6-7-16(17(12-14)21-15(2)18(24)25)13-22-8-10-23(11-9-22)19(26)27-20(3,4)5;1-13-5-6-14(15(18)11-13)12-19-7-9-20(10-8-19)16(21)22-17(2,3)4;1-2(4)3(5)6/h6-7,12,15,21H,8-11,13H2,1-5H3,(H,24,25);5-6,11H,7-10,12H2,1-4H3;2H,4H2,1H3,(H,5,6)/t15-;;2-/m0.0/s1. The van der Waals surface area contributed by atoms with E-state index in [0.29, 0.717) is 19.6 Å². The van der Waals surface area contributed by atoms with Gasteiger partial charge < -0.3 is 40.5 Å². The zero-order chi connectivity index (χ0) is 41.7. The van der Waals surface area contributed by atoms with Gasteiger partial charge in [-0.3, -0.25) is 19.4 Å². The maximum atomic E-state index is 12.2. The van der Waals surface area contributed by atoms with Crippen LogP contribution in [0.5, 0.6) is 0 Å². The van der Waals surface area contributed by atoms with Crippen LogP contribution in [0.4, 0.5) is 15.3 Å². The molecule has 0 bridgehead atoms. The van der Waals surface area contributed by atoms with E-state index in [1.165, 1.54) is 18.1 Å². The number of aliphatic carboxylic acids is 2. The van der Waals surface area contributed by atoms with Crippen molar-refractivity contribution in [2.75, 3.05) is 57.7 Å². The average Bonchev–Trinajstić information content (AvgIpc) is 3.07. The fourth-order valence-electron chi connectivity index (χ4n) is 5.35. The average molecular weight is 836 g/mol. The third-order valence-electron chi connectivity index (χ3n) is 8.44. The van der Waals surface area contributed by atoms with Crippen LogP contribution in [0, 0.1) is 13.8 Å². The third-order valence-corrected chi connectivity index (χ3v) is 9.18. The molecule has 2 saturated heterocycles. The number of carboxylic acid groups (broad SMARTS) is 2. The van der Waals surface area contributed by atoms with Crippen molar-refractivity contribution < 1.29 is 38.9 Å². The molecule has 14 nitrogen and oxygen atoms in total. The molecule has 0 saturated carbocycles. The van der Waals surface area contributed by atoms with Crippen LogP contribution in [0.25, 0.3) is 0 Å². The fraction of sp³-hybridized carbons (Fsp3) is 0.600. The van der Waals surface area contributed by atoms with E-state index in [2.05, 4.69) is 56.2 Å². The van der Waals surface area contributed by atoms with Crippen LogP contribution in [-0.4, -0.2) is 130 Å². The quantitative estimate of drug-likeness (QED) is 0.239. The van der Waals surface area contributed by atoms with Crippen LogP contribution in [0.2, 0.25) is 0 Å². The maximum Gasteiger partial charge on any atom is 0.410 e. The minimum atomic E-state index is -0.963. The number of piperazine rings is 2. The number of aryl methyl sites for hydroxylation is 2. The summed E-state index contributed by atoms with van der Waals surface area (Å²) in [5, 5.41) is 20.1. The summed E-state index contributed by atoms with van der Waals surface area (Å²) in [5.74, 6) is -1.84. The van der Waals surface area contributed by atoms with E-state index in [-0.39, 0.29) is 12.2 Å². The molecule has 0 unspecified atom stereocenters. The summed E-state index contributed by atoms with van der Waals surface area (Å²) in [5.41, 5.74) is 9.44. The molecule has 0 spiro atoms. The highest BCUT2D eigenvalue weighted by Crippen LogP contribution is 2.23. The number of rotatable bonds is 8. The number of hydrogen-bond acceptors (Lipinski definition) is 10. The summed E-state index contributed by atoms with van der Waals surface area (Å²) >= 11 is 3.63. The Hall–Kier alpha value is -3.92. The Morgan fingerprint density at radius 3 is 1.45 bits per heavy atom. The van der Waals surface area contributed by atoms with Gasteiger partial charge in [0, 0.05) is 75.6 Å². The monoisotopic (exact) mass is 834 g/mol. The molecule has 15 heteroatoms. The lowest BCUT2D eigenvalue weighted by Crippen LogP contribution is -2.49. The molecule has 4 rings (SSSR count). The van der Waals surface area contributed by atoms with Gasteiger partial charge in [-0.05, 0) is 104 Å². The summed E-state index contributed by atoms with van der Waals surface area (Å²) in [6, 6.07) is 11.1. The van der Waals surface area contributed by atoms with Crippen molar-refractivity contribution in [2.24, 2.45) is 5.73 Å². The van der Waals surface area contributed by atoms with E-state index in [0.717, 1.165) is 67.1 Å². The number of carbonyl (C=O) groups excluding carboxylic acids is 2. The van der Waals surface area contributed by atoms with E-state index in [9.17, 15) is 19.2 Å². The first-order valence-electron chi connectivity index (χ1n) is 18.7. The second-order valence-electron chi connectivity index (χ2n) is 16.1. The number of amides is 2. The number of hydrogen-bond donors (Lipinski definition) is 4. The molecule has 0 radical (unpaired) electrons. The van der Waals surface area contributed by atoms with Gasteiger partial charge in [-0.15, -0.1) is 0 Å². The molecule has 55 heavy (non-hydrogen) atoms. The van der Waals surface area contributed by atoms with Gasteiger partial charge >= 0.3 is 24.1 Å². The Morgan fingerprint density at radius 1 is 0.709 bits per heavy atom. The van der Waals surface area contributed by atoms with Gasteiger partial charge in [-0.25, -0.2) is 9.59 Å². The molecule has 2 amide bonds. The molecule has 2 heterocycles. The molecule has 2 aromatic carbocycles. The van der Waals surface area contributed by atoms with Crippen molar-refractivity contribution in [1.29, 1.82) is 0 Å². The molecule has 2 atom stereocenters. The number of halogens is 1. The molecule has 0 aliphatic carbocycles. The molecular weight excluding hydrogens is 772 g/mol. The van der Waals surface area contributed by atoms with E-state index >= 15 is 0 Å². The largest absolute Gasteiger partial charge is 0.480 e. The van der Waals surface area contributed by atoms with Crippen molar-refractivity contribution in [2.45, 2.75) is 106 Å². The number of anilines is 1. The molecule has 308 valence electrons. The number of benzene rings is 2. The first-order chi connectivity index (χ1) is 25.4. The molecule has 2 aromatic rings. The molecule has 0 aromatic heterocycles. The van der Waals surface area contributed by atoms with Crippen LogP contribution in [0.3, 0.4) is 0 Å². The number of carboxylic acids is 2. The van der Waals surface area contributed by atoms with Crippen molar-refractivity contribution in [3.63, 3.8) is 0 Å². The molecule has 2 aliphatic rings. The zero-order valence-corrected chi connectivity index (χ0v) is 35.9. The molecule has 2 aliphatic heterocycles. The second-order valence-corrected chi connectivity index (χ2v) is 16.9. The Labute approximate surface area is 335 Å². The van der Waals surface area contributed by atoms with Gasteiger partial charge in [0.05, 0.1) is 0 Å². The van der Waals surface area contributed by atoms with E-state index in [1.54, 1.807) is 16.7 Å². The predicted octanol–water partition coefficient (Wildman–Crippen LogP) is 6.16. The van der Waals surface area contributed by atoms with Crippen molar-refractivity contribution in [3.05, 3.63) is 63.1 Å². The summed E-state index contributed by atoms with van der Waals surface area (Å²) in [6.07, 6.45) is -0.473. The van der Waals surface area contributed by atoms with Gasteiger partial charge in [0.15, 0.2) is 0 Å². The van der Waals surface area contributed by atoms with Crippen molar-refractivity contribution in [3.8, 4) is 0 Å². The van der Waals surface area contributed by atoms with Crippen LogP contribution in [0.1, 0.15) is 77.6 Å². The van der Waals surface area contributed by atoms with E-state index in [4.69, 9.17) is 25.4 Å². The summed E-state index contributed by atoms with van der Waals surface area (Å²) in [6.45, 7) is 26.0. The fourth-order valence-corrected chi connectivity index (χ4v) is 5.97. The first-order valence-corrected chi connectivity index (χ1v) is 19.5. The summed E-state index contributed by atoms with van der Waals surface area (Å²) < 4.78 is 12.0. The Bertz CT molecular complexity index is 1580. The third kappa shape index (κ3) is 18.1. The molecular formula is C40H63BrN6O8. The summed E-state index contributed by atoms with van der Waals surface area (Å²) in [4.78, 5) is 53.1. The second kappa shape index (κ2) is 21.4. The van der Waals surface area contributed by atoms with E-state index in [1.807, 2.05) is 66.7 Å². The van der Waals surface area contributed by atoms with Crippen LogP contribution in [-0.2, 0) is 32.2 Å². The topological polar surface area (TPSA) is 178 Å². The predicted molar refractivity (Wildman–Crippen MR) is 218 cm³/mol. The van der Waals surface area contributed by atoms with Gasteiger partial charge in [0.2, 0.25) is 0 Å². The number of nitrogens with one attached hydrogen (secondary N) is 1. The highest BCUT2D eigenvalue weighted by atomic mass is 79.9. The smallest absolute Gasteiger partial charge is 0.410 e. The number of nitrogens with zero attached hydrogens (tertiary/aromatic N) is 4. The van der Waals surface area contributed by atoms with Gasteiger partial charge in [-0.2, -0.15) is 0 Å². The van der Waals surface area contributed by atoms with Crippen molar-refractivity contribution in [1.82, 2.24) is 19.6 Å². The Morgan fingerprint density at radius 2 is 1.09 bits per heavy atom. The summed E-state index contributed by atoms with van der Waals surface area (Å²) in [7, 11) is 0. The number of carbonyl (C=O) groups is 4. The lowest BCUT2D eigenvalue weighted by Gasteiger charge is -2.36. The van der Waals surface area contributed by atoms with Crippen molar-refractivity contribution >= 4 is 45.7 Å². The van der Waals surface area contributed by atoms with Crippen LogP contribution in [0.15, 0.2) is 40.9 Å². The molecule has 2 fully saturated rings. The maximum absolute atomic E-state index is 12.2. The normalized spacial score (nSPS) is 16.4. The highest BCUT2D eigenvalue weighted by Gasteiger charge is 2.27. The minimum absolute atomic E-state index is 0.205. The van der Waals surface area contributed by atoms with Crippen LogP contribution >= 0.6 is 15.9 Å². The first kappa shape index (κ1) is 47.2.